The molecule has 0 radical (unpaired) electrons. The number of aliphatic carboxylic acids is 1. The van der Waals surface area contributed by atoms with E-state index < -0.39 is 5.97 Å². The van der Waals surface area contributed by atoms with Gasteiger partial charge in [-0.1, -0.05) is 32.3 Å². The summed E-state index contributed by atoms with van der Waals surface area (Å²) in [6, 6.07) is 0. The van der Waals surface area contributed by atoms with Crippen LogP contribution in [0.3, 0.4) is 0 Å². The molecule has 5 nitrogen and oxygen atoms in total. The Balaban J connectivity index is 2.02. The van der Waals surface area contributed by atoms with Gasteiger partial charge < -0.3 is 10.4 Å². The fourth-order valence-corrected chi connectivity index (χ4v) is 2.11. The number of unbranched alkanes of at least 4 members (excludes halogenated alkanes) is 4. The van der Waals surface area contributed by atoms with Crippen LogP contribution in [0.1, 0.15) is 51.9 Å². The summed E-state index contributed by atoms with van der Waals surface area (Å²) >= 11 is 0. The van der Waals surface area contributed by atoms with Gasteiger partial charge >= 0.3 is 5.97 Å². The second-order valence-corrected chi connectivity index (χ2v) is 5.66. The van der Waals surface area contributed by atoms with E-state index in [1.54, 1.807) is 6.08 Å². The molecule has 1 amide bonds. The van der Waals surface area contributed by atoms with Crippen LogP contribution >= 0.6 is 0 Å². The van der Waals surface area contributed by atoms with Gasteiger partial charge in [-0.3, -0.25) is 14.6 Å². The lowest BCUT2D eigenvalue weighted by Crippen LogP contribution is -2.22. The van der Waals surface area contributed by atoms with Crippen molar-refractivity contribution in [2.75, 3.05) is 6.54 Å². The molecule has 22 heavy (non-hydrogen) atoms. The van der Waals surface area contributed by atoms with Gasteiger partial charge in [0.15, 0.2) is 0 Å². The lowest BCUT2D eigenvalue weighted by atomic mass is 10.1. The quantitative estimate of drug-likeness (QED) is 0.481. The number of hydrogen-bond acceptors (Lipinski definition) is 3. The Hall–Kier alpha value is -1.91. The van der Waals surface area contributed by atoms with Crippen molar-refractivity contribution in [1.29, 1.82) is 0 Å². The highest BCUT2D eigenvalue weighted by Crippen LogP contribution is 2.12. The second-order valence-electron chi connectivity index (χ2n) is 5.66. The number of allylic oxidation sites excluding steroid dienone is 2. The molecule has 0 spiro atoms. The zero-order valence-electron chi connectivity index (χ0n) is 13.3. The molecule has 1 rings (SSSR count). The maximum atomic E-state index is 11.6. The van der Waals surface area contributed by atoms with Gasteiger partial charge in [0.1, 0.15) is 0 Å². The van der Waals surface area contributed by atoms with Crippen LogP contribution in [0.25, 0.3) is 0 Å². The molecule has 1 atom stereocenters. The van der Waals surface area contributed by atoms with Crippen LogP contribution in [0, 0.1) is 5.92 Å². The molecule has 0 bridgehead atoms. The molecule has 5 heteroatoms. The number of rotatable bonds is 10. The summed E-state index contributed by atoms with van der Waals surface area (Å²) in [5.74, 6) is -0.354. The lowest BCUT2D eigenvalue weighted by molar-refractivity contribution is -0.137. The number of carbonyl (C=O) groups excluding carboxylic acids is 1. The number of carboxylic acids is 1. The first kappa shape index (κ1) is 18.1. The zero-order valence-corrected chi connectivity index (χ0v) is 13.3. The fourth-order valence-electron chi connectivity index (χ4n) is 2.11. The highest BCUT2D eigenvalue weighted by molar-refractivity contribution is 5.88. The van der Waals surface area contributed by atoms with Crippen LogP contribution in [0.4, 0.5) is 0 Å². The van der Waals surface area contributed by atoms with Gasteiger partial charge in [0.05, 0.1) is 5.70 Å². The van der Waals surface area contributed by atoms with Crippen molar-refractivity contribution in [3.05, 3.63) is 23.9 Å². The molecule has 1 unspecified atom stereocenters. The van der Waals surface area contributed by atoms with Crippen molar-refractivity contribution in [1.82, 2.24) is 5.32 Å². The highest BCUT2D eigenvalue weighted by atomic mass is 16.4. The monoisotopic (exact) mass is 306 g/mol. The van der Waals surface area contributed by atoms with Gasteiger partial charge in [-0.05, 0) is 31.3 Å². The van der Waals surface area contributed by atoms with E-state index in [4.69, 9.17) is 5.11 Å². The van der Waals surface area contributed by atoms with Gasteiger partial charge in [-0.15, -0.1) is 0 Å². The third kappa shape index (κ3) is 9.10. The van der Waals surface area contributed by atoms with Gasteiger partial charge in [-0.2, -0.15) is 0 Å². The van der Waals surface area contributed by atoms with E-state index in [1.807, 2.05) is 12.3 Å². The summed E-state index contributed by atoms with van der Waals surface area (Å²) in [7, 11) is 0. The van der Waals surface area contributed by atoms with Gasteiger partial charge in [-0.25, -0.2) is 0 Å². The van der Waals surface area contributed by atoms with E-state index in [2.05, 4.69) is 17.2 Å². The molecule has 1 aliphatic heterocycles. The molecule has 0 aromatic carbocycles. The first-order valence-electron chi connectivity index (χ1n) is 8.00. The van der Waals surface area contributed by atoms with Crippen LogP contribution in [-0.4, -0.2) is 29.7 Å². The average Bonchev–Trinajstić information content (AvgIpc) is 2.49. The Morgan fingerprint density at radius 2 is 2.05 bits per heavy atom. The largest absolute Gasteiger partial charge is 0.481 e. The van der Waals surface area contributed by atoms with Crippen molar-refractivity contribution in [3.8, 4) is 0 Å². The molecule has 0 saturated carbocycles. The normalized spacial score (nSPS) is 17.5. The van der Waals surface area contributed by atoms with E-state index in [1.165, 1.54) is 6.08 Å². The molecular formula is C17H26N2O3. The summed E-state index contributed by atoms with van der Waals surface area (Å²) in [4.78, 5) is 26.2. The van der Waals surface area contributed by atoms with Crippen molar-refractivity contribution >= 4 is 18.1 Å². The summed E-state index contributed by atoms with van der Waals surface area (Å²) in [5, 5.41) is 11.3. The fraction of sp³-hybridized carbons (Fsp3) is 0.588. The maximum Gasteiger partial charge on any atom is 0.303 e. The van der Waals surface area contributed by atoms with E-state index in [0.717, 1.165) is 44.2 Å². The van der Waals surface area contributed by atoms with Crippen LogP contribution < -0.4 is 5.32 Å². The van der Waals surface area contributed by atoms with Crippen LogP contribution in [0.5, 0.6) is 0 Å². The Bertz CT molecular complexity index is 453. The standard InChI is InChI=1S/C17H26N2O3/c1-14-8-9-15(19-13-14)10-11-16(20)18-12-6-4-2-3-5-7-17(21)22/h9-11,13-14H,2-8,12H2,1H3,(H,18,20)(H,21,22). The highest BCUT2D eigenvalue weighted by Gasteiger charge is 2.03. The number of carbonyl (C=O) groups is 2. The molecule has 122 valence electrons. The zero-order chi connectivity index (χ0) is 16.2. The van der Waals surface area contributed by atoms with E-state index in [-0.39, 0.29) is 12.3 Å². The Kier molecular flexibility index (Phi) is 8.88. The molecule has 0 saturated heterocycles. The van der Waals surface area contributed by atoms with Gasteiger partial charge in [0.25, 0.3) is 0 Å². The summed E-state index contributed by atoms with van der Waals surface area (Å²) in [6.45, 7) is 2.76. The van der Waals surface area contributed by atoms with Crippen molar-refractivity contribution in [2.45, 2.75) is 51.9 Å². The second kappa shape index (κ2) is 10.8. The molecule has 1 heterocycles. The molecule has 2 N–H and O–H groups in total. The number of aliphatic imine (C=N–C) groups is 1. The topological polar surface area (TPSA) is 78.8 Å². The van der Waals surface area contributed by atoms with Crippen LogP contribution in [0.15, 0.2) is 28.9 Å². The number of hydrogen-bond donors (Lipinski definition) is 2. The van der Waals surface area contributed by atoms with Crippen molar-refractivity contribution < 1.29 is 14.7 Å². The summed E-state index contributed by atoms with van der Waals surface area (Å²) in [5.41, 5.74) is 0.840. The Morgan fingerprint density at radius 3 is 2.73 bits per heavy atom. The third-order valence-corrected chi connectivity index (χ3v) is 3.45. The van der Waals surface area contributed by atoms with Crippen LogP contribution in [0.2, 0.25) is 0 Å². The molecule has 1 aliphatic rings. The minimum atomic E-state index is -0.731. The van der Waals surface area contributed by atoms with E-state index >= 15 is 0 Å². The predicted molar refractivity (Wildman–Crippen MR) is 87.8 cm³/mol. The SMILES string of the molecule is CC1C=NC(C=CC(=O)NCCCCCCCC(=O)O)=CC1. The molecule has 0 fully saturated rings. The van der Waals surface area contributed by atoms with Crippen molar-refractivity contribution in [3.63, 3.8) is 0 Å². The lowest BCUT2D eigenvalue weighted by Gasteiger charge is -2.07. The smallest absolute Gasteiger partial charge is 0.303 e. The Labute approximate surface area is 132 Å². The first-order chi connectivity index (χ1) is 10.6. The Morgan fingerprint density at radius 1 is 1.32 bits per heavy atom. The maximum absolute atomic E-state index is 11.6. The van der Waals surface area contributed by atoms with Gasteiger partial charge in [0, 0.05) is 25.3 Å². The van der Waals surface area contributed by atoms with Crippen molar-refractivity contribution in [2.24, 2.45) is 10.9 Å². The molecular weight excluding hydrogens is 280 g/mol. The first-order valence-corrected chi connectivity index (χ1v) is 8.00. The molecule has 0 aromatic heterocycles. The van der Waals surface area contributed by atoms with Crippen LogP contribution in [-0.2, 0) is 9.59 Å². The van der Waals surface area contributed by atoms with Gasteiger partial charge in [0.2, 0.25) is 5.91 Å². The predicted octanol–water partition coefficient (Wildman–Crippen LogP) is 3.08. The number of nitrogens with one attached hydrogen (secondary N) is 1. The molecule has 0 aromatic rings. The minimum Gasteiger partial charge on any atom is -0.481 e. The average molecular weight is 306 g/mol. The number of nitrogens with zero attached hydrogens (tertiary/aromatic N) is 1. The minimum absolute atomic E-state index is 0.0967. The summed E-state index contributed by atoms with van der Waals surface area (Å²) < 4.78 is 0. The van der Waals surface area contributed by atoms with E-state index in [9.17, 15) is 9.59 Å². The molecule has 0 aliphatic carbocycles. The third-order valence-electron chi connectivity index (χ3n) is 3.45. The van der Waals surface area contributed by atoms with E-state index in [0.29, 0.717) is 12.5 Å². The summed E-state index contributed by atoms with van der Waals surface area (Å²) in [6.07, 6.45) is 13.0. The number of amides is 1. The number of carboxylic acid groups (broad SMARTS) is 1.